The zero-order chi connectivity index (χ0) is 21.6. The summed E-state index contributed by atoms with van der Waals surface area (Å²) in [4.78, 5) is 19.5. The van der Waals surface area contributed by atoms with Crippen LogP contribution in [0.4, 0.5) is 8.78 Å². The van der Waals surface area contributed by atoms with Crippen LogP contribution in [0, 0.1) is 23.5 Å². The number of piperidine rings is 1. The van der Waals surface area contributed by atoms with Gasteiger partial charge in [-0.15, -0.1) is 0 Å². The molecule has 166 valence electrons. The molecular formula is C25H31F2N3O. The lowest BCUT2D eigenvalue weighted by molar-refractivity contribution is -0.123. The van der Waals surface area contributed by atoms with Crippen LogP contribution >= 0.6 is 0 Å². The average Bonchev–Trinajstić information content (AvgIpc) is 3.29. The number of nitrogens with zero attached hydrogens (tertiary/aromatic N) is 2. The van der Waals surface area contributed by atoms with Crippen LogP contribution in [-0.2, 0) is 11.3 Å². The number of rotatable bonds is 7. The molecule has 6 heteroatoms. The Balaban J connectivity index is 1.46. The van der Waals surface area contributed by atoms with E-state index < -0.39 is 11.6 Å². The zero-order valence-electron chi connectivity index (χ0n) is 17.9. The van der Waals surface area contributed by atoms with Crippen molar-refractivity contribution in [3.8, 4) is 0 Å². The molecule has 0 bridgehead atoms. The number of hydrogen-bond acceptors (Lipinski definition) is 3. The van der Waals surface area contributed by atoms with Gasteiger partial charge < -0.3 is 5.32 Å². The minimum Gasteiger partial charge on any atom is -0.347 e. The van der Waals surface area contributed by atoms with E-state index >= 15 is 0 Å². The van der Waals surface area contributed by atoms with Crippen LogP contribution in [0.1, 0.15) is 62.2 Å². The van der Waals surface area contributed by atoms with Gasteiger partial charge in [0.15, 0.2) is 11.6 Å². The number of benzene rings is 1. The molecule has 0 spiro atoms. The van der Waals surface area contributed by atoms with E-state index in [0.29, 0.717) is 31.0 Å². The Morgan fingerprint density at radius 1 is 1.10 bits per heavy atom. The molecule has 1 aliphatic heterocycles. The maximum absolute atomic E-state index is 14.2. The van der Waals surface area contributed by atoms with Gasteiger partial charge in [0.2, 0.25) is 5.91 Å². The van der Waals surface area contributed by atoms with Crippen LogP contribution in [0.5, 0.6) is 0 Å². The fourth-order valence-electron chi connectivity index (χ4n) is 5.12. The van der Waals surface area contributed by atoms with Crippen molar-refractivity contribution in [2.45, 2.75) is 57.5 Å². The molecule has 2 fully saturated rings. The Bertz CT molecular complexity index is 870. The summed E-state index contributed by atoms with van der Waals surface area (Å²) in [5.74, 6) is -0.820. The fourth-order valence-corrected chi connectivity index (χ4v) is 5.12. The molecule has 2 heterocycles. The van der Waals surface area contributed by atoms with Crippen molar-refractivity contribution in [1.82, 2.24) is 15.2 Å². The third-order valence-corrected chi connectivity index (χ3v) is 6.71. The first-order valence-corrected chi connectivity index (χ1v) is 11.5. The van der Waals surface area contributed by atoms with Crippen molar-refractivity contribution in [2.24, 2.45) is 11.8 Å². The number of amides is 1. The lowest BCUT2D eigenvalue weighted by atomic mass is 9.87. The first-order chi connectivity index (χ1) is 15.1. The summed E-state index contributed by atoms with van der Waals surface area (Å²) in [5.41, 5.74) is 1.24. The van der Waals surface area contributed by atoms with Crippen molar-refractivity contribution in [2.75, 3.05) is 13.1 Å². The normalized spacial score (nSPS) is 21.2. The van der Waals surface area contributed by atoms with Gasteiger partial charge in [0.05, 0.1) is 11.7 Å². The van der Waals surface area contributed by atoms with Crippen LogP contribution in [0.15, 0.2) is 42.6 Å². The number of pyridine rings is 1. The molecule has 4 nitrogen and oxygen atoms in total. The largest absolute Gasteiger partial charge is 0.347 e. The third kappa shape index (κ3) is 5.67. The van der Waals surface area contributed by atoms with E-state index in [1.54, 1.807) is 18.3 Å². The highest BCUT2D eigenvalue weighted by Crippen LogP contribution is 2.32. The van der Waals surface area contributed by atoms with E-state index in [-0.39, 0.29) is 17.9 Å². The van der Waals surface area contributed by atoms with E-state index in [0.717, 1.165) is 44.0 Å². The maximum atomic E-state index is 14.2. The van der Waals surface area contributed by atoms with Gasteiger partial charge in [0.1, 0.15) is 0 Å². The third-order valence-electron chi connectivity index (χ3n) is 6.71. The molecule has 0 radical (unpaired) electrons. The second-order valence-corrected chi connectivity index (χ2v) is 9.00. The summed E-state index contributed by atoms with van der Waals surface area (Å²) in [6.45, 7) is 1.91. The van der Waals surface area contributed by atoms with Crippen molar-refractivity contribution < 1.29 is 13.6 Å². The van der Waals surface area contributed by atoms with Gasteiger partial charge in [-0.05, 0) is 62.3 Å². The van der Waals surface area contributed by atoms with Crippen molar-refractivity contribution in [3.63, 3.8) is 0 Å². The fraction of sp³-hybridized carbons (Fsp3) is 0.520. The Morgan fingerprint density at radius 2 is 1.94 bits per heavy atom. The Morgan fingerprint density at radius 3 is 2.71 bits per heavy atom. The number of carbonyl (C=O) groups excluding carboxylic acids is 1. The number of likely N-dealkylation sites (tertiary alicyclic amines) is 1. The summed E-state index contributed by atoms with van der Waals surface area (Å²) >= 11 is 0. The number of hydrogen-bond donors (Lipinski definition) is 1. The minimum atomic E-state index is -0.809. The highest BCUT2D eigenvalue weighted by Gasteiger charge is 2.31. The molecule has 1 saturated heterocycles. The van der Waals surface area contributed by atoms with Gasteiger partial charge in [-0.25, -0.2) is 8.78 Å². The SMILES string of the molecule is O=C(CC1CCCC1)NC(c1ccccn1)C1CCCN(Cc2cccc(F)c2F)C1. The zero-order valence-corrected chi connectivity index (χ0v) is 17.9. The van der Waals surface area contributed by atoms with Gasteiger partial charge in [0.25, 0.3) is 0 Å². The average molecular weight is 428 g/mol. The second kappa shape index (κ2) is 10.3. The molecule has 1 saturated carbocycles. The summed E-state index contributed by atoms with van der Waals surface area (Å²) in [6.07, 6.45) is 8.96. The van der Waals surface area contributed by atoms with Crippen LogP contribution in [-0.4, -0.2) is 28.9 Å². The Kier molecular flexibility index (Phi) is 7.28. The summed E-state index contributed by atoms with van der Waals surface area (Å²) in [5, 5.41) is 3.27. The van der Waals surface area contributed by atoms with Crippen molar-refractivity contribution in [3.05, 3.63) is 65.5 Å². The molecule has 2 atom stereocenters. The smallest absolute Gasteiger partial charge is 0.220 e. The lowest BCUT2D eigenvalue weighted by Crippen LogP contribution is -2.43. The van der Waals surface area contributed by atoms with Gasteiger partial charge >= 0.3 is 0 Å². The highest BCUT2D eigenvalue weighted by atomic mass is 19.2. The predicted molar refractivity (Wildman–Crippen MR) is 116 cm³/mol. The Hall–Kier alpha value is -2.34. The van der Waals surface area contributed by atoms with Crippen molar-refractivity contribution in [1.29, 1.82) is 0 Å². The second-order valence-electron chi connectivity index (χ2n) is 9.00. The number of nitrogens with one attached hydrogen (secondary N) is 1. The first-order valence-electron chi connectivity index (χ1n) is 11.5. The molecule has 2 aliphatic rings. The van der Waals surface area contributed by atoms with E-state index in [1.807, 2.05) is 18.2 Å². The van der Waals surface area contributed by atoms with Crippen LogP contribution in [0.2, 0.25) is 0 Å². The quantitative estimate of drug-likeness (QED) is 0.676. The standard InChI is InChI=1S/C25H31F2N3O/c26-21-11-5-9-19(24(21)27)16-30-14-6-10-20(17-30)25(22-12-3-4-13-28-22)29-23(31)15-18-7-1-2-8-18/h3-5,9,11-13,18,20,25H,1-2,6-8,10,14-17H2,(H,29,31). The lowest BCUT2D eigenvalue weighted by Gasteiger charge is -2.37. The minimum absolute atomic E-state index is 0.0934. The van der Waals surface area contributed by atoms with Crippen LogP contribution in [0.3, 0.4) is 0 Å². The number of halogens is 2. The molecule has 1 N–H and O–H groups in total. The van der Waals surface area contributed by atoms with Gasteiger partial charge in [0, 0.05) is 31.3 Å². The highest BCUT2D eigenvalue weighted by molar-refractivity contribution is 5.76. The van der Waals surface area contributed by atoms with Crippen molar-refractivity contribution >= 4 is 5.91 Å². The molecule has 1 amide bonds. The van der Waals surface area contributed by atoms with Gasteiger partial charge in [-0.2, -0.15) is 0 Å². The van der Waals surface area contributed by atoms with Gasteiger partial charge in [-0.1, -0.05) is 31.0 Å². The molecular weight excluding hydrogens is 396 g/mol. The monoisotopic (exact) mass is 427 g/mol. The molecule has 2 aromatic rings. The predicted octanol–water partition coefficient (Wildman–Crippen LogP) is 5.01. The van der Waals surface area contributed by atoms with Gasteiger partial charge in [-0.3, -0.25) is 14.7 Å². The first kappa shape index (κ1) is 21.9. The molecule has 1 aliphatic carbocycles. The molecule has 1 aromatic carbocycles. The number of aromatic nitrogens is 1. The molecule has 2 unspecified atom stereocenters. The van der Waals surface area contributed by atoms with E-state index in [4.69, 9.17) is 0 Å². The molecule has 31 heavy (non-hydrogen) atoms. The summed E-state index contributed by atoms with van der Waals surface area (Å²) in [6, 6.07) is 9.95. The van der Waals surface area contributed by atoms with E-state index in [1.165, 1.54) is 12.8 Å². The van der Waals surface area contributed by atoms with Crippen LogP contribution < -0.4 is 5.32 Å². The summed E-state index contributed by atoms with van der Waals surface area (Å²) in [7, 11) is 0. The van der Waals surface area contributed by atoms with E-state index in [9.17, 15) is 13.6 Å². The van der Waals surface area contributed by atoms with E-state index in [2.05, 4.69) is 15.2 Å². The maximum Gasteiger partial charge on any atom is 0.220 e. The summed E-state index contributed by atoms with van der Waals surface area (Å²) < 4.78 is 27.8. The Labute approximate surface area is 183 Å². The van der Waals surface area contributed by atoms with Crippen LogP contribution in [0.25, 0.3) is 0 Å². The molecule has 1 aromatic heterocycles. The number of carbonyl (C=O) groups is 1. The topological polar surface area (TPSA) is 45.2 Å². The molecule has 4 rings (SSSR count).